The van der Waals surface area contributed by atoms with Crippen molar-refractivity contribution in [3.8, 4) is 5.75 Å². The van der Waals surface area contributed by atoms with E-state index in [2.05, 4.69) is 25.7 Å². The average molecular weight is 396 g/mol. The van der Waals surface area contributed by atoms with Gasteiger partial charge in [-0.2, -0.15) is 5.10 Å². The summed E-state index contributed by atoms with van der Waals surface area (Å²) in [5.41, 5.74) is 2.07. The molecule has 3 heterocycles. The molecule has 10 nitrogen and oxygen atoms in total. The topological polar surface area (TPSA) is 131 Å². The molecule has 1 amide bonds. The van der Waals surface area contributed by atoms with Crippen LogP contribution in [0.25, 0.3) is 11.0 Å². The van der Waals surface area contributed by atoms with Crippen molar-refractivity contribution in [3.05, 3.63) is 30.2 Å². The molecule has 0 spiro atoms. The van der Waals surface area contributed by atoms with Crippen LogP contribution in [0, 0.1) is 5.92 Å². The monoisotopic (exact) mass is 396 g/mol. The van der Waals surface area contributed by atoms with Crippen LogP contribution in [0.5, 0.6) is 5.75 Å². The quantitative estimate of drug-likeness (QED) is 0.555. The van der Waals surface area contributed by atoms with Crippen molar-refractivity contribution in [3.63, 3.8) is 0 Å². The van der Waals surface area contributed by atoms with Gasteiger partial charge in [-0.3, -0.25) is 14.5 Å². The van der Waals surface area contributed by atoms with Crippen LogP contribution in [-0.4, -0.2) is 43.8 Å². The zero-order valence-electron chi connectivity index (χ0n) is 16.0. The lowest BCUT2D eigenvalue weighted by molar-refractivity contribution is -0.117. The summed E-state index contributed by atoms with van der Waals surface area (Å²) in [6.07, 6.45) is 6.13. The molecule has 0 bridgehead atoms. The smallest absolute Gasteiger partial charge is 0.339 e. The number of carbonyl (C=O) groups excluding carboxylic acids is 1. The van der Waals surface area contributed by atoms with Gasteiger partial charge >= 0.3 is 5.97 Å². The van der Waals surface area contributed by atoms with Crippen molar-refractivity contribution < 1.29 is 19.4 Å². The van der Waals surface area contributed by atoms with Gasteiger partial charge in [-0.15, -0.1) is 0 Å². The van der Waals surface area contributed by atoms with Gasteiger partial charge in [0.05, 0.1) is 25.2 Å². The Morgan fingerprint density at radius 1 is 1.24 bits per heavy atom. The van der Waals surface area contributed by atoms with Crippen LogP contribution in [0.2, 0.25) is 0 Å². The summed E-state index contributed by atoms with van der Waals surface area (Å²) in [5.74, 6) is -0.480. The number of carbonyl (C=O) groups is 2. The number of nitrogens with one attached hydrogen (secondary N) is 2. The molecular formula is C19H20N6O4. The number of aryl methyl sites for hydroxylation is 1. The number of carboxylic acid groups (broad SMARTS) is 1. The third-order valence-electron chi connectivity index (χ3n) is 4.72. The summed E-state index contributed by atoms with van der Waals surface area (Å²) >= 11 is 0. The number of pyridine rings is 2. The molecule has 0 unspecified atom stereocenters. The van der Waals surface area contributed by atoms with E-state index in [1.807, 2.05) is 6.92 Å². The van der Waals surface area contributed by atoms with Gasteiger partial charge in [0.1, 0.15) is 28.1 Å². The van der Waals surface area contributed by atoms with Gasteiger partial charge in [0.15, 0.2) is 5.75 Å². The van der Waals surface area contributed by atoms with E-state index in [0.29, 0.717) is 29.0 Å². The number of anilines is 3. The zero-order chi connectivity index (χ0) is 20.5. The molecule has 1 saturated carbocycles. The Bertz CT molecular complexity index is 1110. The number of ether oxygens (including phenoxy) is 1. The van der Waals surface area contributed by atoms with E-state index in [-0.39, 0.29) is 28.9 Å². The lowest BCUT2D eigenvalue weighted by atomic mass is 10.2. The van der Waals surface area contributed by atoms with Gasteiger partial charge in [0.25, 0.3) is 0 Å². The maximum absolute atomic E-state index is 12.0. The molecule has 0 saturated heterocycles. The fourth-order valence-corrected chi connectivity index (χ4v) is 3.08. The van der Waals surface area contributed by atoms with Gasteiger partial charge in [-0.1, -0.05) is 0 Å². The van der Waals surface area contributed by atoms with Crippen molar-refractivity contribution in [2.24, 2.45) is 5.92 Å². The van der Waals surface area contributed by atoms with Gasteiger partial charge in [-0.25, -0.2) is 9.78 Å². The first-order chi connectivity index (χ1) is 14.0. The molecule has 0 aromatic carbocycles. The van der Waals surface area contributed by atoms with E-state index < -0.39 is 5.97 Å². The van der Waals surface area contributed by atoms with E-state index in [1.54, 1.807) is 17.1 Å². The fraction of sp³-hybridized carbons (Fsp3) is 0.316. The third kappa shape index (κ3) is 3.56. The van der Waals surface area contributed by atoms with Crippen LogP contribution in [-0.2, 0) is 11.3 Å². The lowest BCUT2D eigenvalue weighted by Crippen LogP contribution is -2.15. The van der Waals surface area contributed by atoms with Crippen LogP contribution >= 0.6 is 0 Å². The van der Waals surface area contributed by atoms with Gasteiger partial charge in [0, 0.05) is 24.7 Å². The summed E-state index contributed by atoms with van der Waals surface area (Å²) in [5, 5.41) is 19.6. The molecule has 1 aliphatic rings. The van der Waals surface area contributed by atoms with Gasteiger partial charge in [0.2, 0.25) is 5.91 Å². The Labute approximate surface area is 165 Å². The highest BCUT2D eigenvalue weighted by Crippen LogP contribution is 2.35. The molecule has 150 valence electrons. The normalized spacial score (nSPS) is 13.3. The van der Waals surface area contributed by atoms with E-state index >= 15 is 0 Å². The maximum Gasteiger partial charge on any atom is 0.339 e. The van der Waals surface area contributed by atoms with Crippen molar-refractivity contribution in [2.45, 2.75) is 26.3 Å². The molecule has 3 aromatic heterocycles. The molecule has 0 aliphatic heterocycles. The number of nitrogens with zero attached hydrogens (tertiary/aromatic N) is 4. The first-order valence-corrected chi connectivity index (χ1v) is 9.21. The maximum atomic E-state index is 12.0. The zero-order valence-corrected chi connectivity index (χ0v) is 16.0. The molecule has 10 heteroatoms. The fourth-order valence-electron chi connectivity index (χ4n) is 3.08. The molecule has 1 aliphatic carbocycles. The lowest BCUT2D eigenvalue weighted by Gasteiger charge is -2.15. The molecule has 4 rings (SSSR count). The number of aromatic carboxylic acids is 1. The number of amides is 1. The number of methoxy groups -OCH3 is 1. The Hall–Kier alpha value is -3.69. The van der Waals surface area contributed by atoms with E-state index in [1.165, 1.54) is 19.4 Å². The van der Waals surface area contributed by atoms with Crippen LogP contribution in [0.4, 0.5) is 17.2 Å². The Kier molecular flexibility index (Phi) is 4.75. The molecule has 3 aromatic rings. The summed E-state index contributed by atoms with van der Waals surface area (Å²) in [6, 6.07) is 1.49. The Morgan fingerprint density at radius 3 is 2.69 bits per heavy atom. The summed E-state index contributed by atoms with van der Waals surface area (Å²) in [4.78, 5) is 32.1. The van der Waals surface area contributed by atoms with Crippen LogP contribution in [0.15, 0.2) is 24.7 Å². The highest BCUT2D eigenvalue weighted by molar-refractivity contribution is 5.98. The number of fused-ring (bicyclic) bond motifs is 1. The number of aromatic nitrogens is 4. The molecule has 29 heavy (non-hydrogen) atoms. The average Bonchev–Trinajstić information content (AvgIpc) is 3.48. The van der Waals surface area contributed by atoms with E-state index in [0.717, 1.165) is 12.8 Å². The summed E-state index contributed by atoms with van der Waals surface area (Å²) in [6.45, 7) is 2.57. The first-order valence-electron chi connectivity index (χ1n) is 9.21. The molecule has 3 N–H and O–H groups in total. The Morgan fingerprint density at radius 2 is 2.03 bits per heavy atom. The van der Waals surface area contributed by atoms with Crippen LogP contribution in [0.3, 0.4) is 0 Å². The van der Waals surface area contributed by atoms with E-state index in [9.17, 15) is 14.7 Å². The van der Waals surface area contributed by atoms with Crippen molar-refractivity contribution >= 4 is 40.1 Å². The molecular weight excluding hydrogens is 376 g/mol. The predicted molar refractivity (Wildman–Crippen MR) is 106 cm³/mol. The minimum absolute atomic E-state index is 0.00777. The van der Waals surface area contributed by atoms with E-state index in [4.69, 9.17) is 4.74 Å². The van der Waals surface area contributed by atoms with Crippen molar-refractivity contribution in [1.29, 1.82) is 0 Å². The second-order valence-corrected chi connectivity index (χ2v) is 6.71. The highest BCUT2D eigenvalue weighted by atomic mass is 16.5. The number of hydrogen-bond acceptors (Lipinski definition) is 7. The number of rotatable bonds is 7. The first kappa shape index (κ1) is 18.7. The molecule has 0 atom stereocenters. The second kappa shape index (κ2) is 7.38. The van der Waals surface area contributed by atoms with Crippen molar-refractivity contribution in [1.82, 2.24) is 19.7 Å². The van der Waals surface area contributed by atoms with Gasteiger partial charge < -0.3 is 20.5 Å². The summed E-state index contributed by atoms with van der Waals surface area (Å²) in [7, 11) is 1.53. The molecule has 0 radical (unpaired) electrons. The highest BCUT2D eigenvalue weighted by Gasteiger charge is 2.30. The van der Waals surface area contributed by atoms with Gasteiger partial charge in [-0.05, 0) is 19.8 Å². The minimum atomic E-state index is -1.15. The third-order valence-corrected chi connectivity index (χ3v) is 4.72. The standard InChI is InChI=1S/C19H20N6O4/c1-3-25-16-13(9-22-25)20-8-14(17(16)29-2)23-12-6-15(21-7-11(12)19(27)28)24-18(26)10-4-5-10/h6-10H,3-5H2,1-2H3,(H,27,28)(H2,21,23,24,26). The summed E-state index contributed by atoms with van der Waals surface area (Å²) < 4.78 is 7.32. The second-order valence-electron chi connectivity index (χ2n) is 6.71. The molecule has 1 fully saturated rings. The van der Waals surface area contributed by atoms with Crippen LogP contribution in [0.1, 0.15) is 30.1 Å². The largest absolute Gasteiger partial charge is 0.492 e. The SMILES string of the molecule is CCn1ncc2ncc(Nc3cc(NC(=O)C4CC4)ncc3C(=O)O)c(OC)c21. The minimum Gasteiger partial charge on any atom is -0.492 e. The Balaban J connectivity index is 1.74. The predicted octanol–water partition coefficient (Wildman–Crippen LogP) is 2.65. The number of carboxylic acids is 1. The van der Waals surface area contributed by atoms with Crippen molar-refractivity contribution in [2.75, 3.05) is 17.7 Å². The van der Waals surface area contributed by atoms with Crippen LogP contribution < -0.4 is 15.4 Å². The number of hydrogen-bond donors (Lipinski definition) is 3.